The van der Waals surface area contributed by atoms with Crippen LogP contribution in [0, 0.1) is 0 Å². The Labute approximate surface area is 94.0 Å². The van der Waals surface area contributed by atoms with Crippen molar-refractivity contribution in [3.63, 3.8) is 0 Å². The fourth-order valence-electron chi connectivity index (χ4n) is 1.29. The number of ketones is 1. The standard InChI is InChI=1S/C11H12Cl2O/c1-3-8-5-4-6-9(11(8)13)10(12)7(2)14/h4-6,10H,3H2,1-2H3. The molecule has 1 rings (SSSR count). The molecule has 0 saturated carbocycles. The molecular weight excluding hydrogens is 219 g/mol. The van der Waals surface area contributed by atoms with Crippen molar-refractivity contribution in [1.29, 1.82) is 0 Å². The van der Waals surface area contributed by atoms with E-state index in [0.29, 0.717) is 10.6 Å². The van der Waals surface area contributed by atoms with E-state index in [1.54, 1.807) is 6.07 Å². The fraction of sp³-hybridized carbons (Fsp3) is 0.364. The van der Waals surface area contributed by atoms with Crippen LogP contribution in [-0.4, -0.2) is 5.78 Å². The fourth-order valence-corrected chi connectivity index (χ4v) is 1.89. The summed E-state index contributed by atoms with van der Waals surface area (Å²) in [5.74, 6) is -0.0816. The normalized spacial score (nSPS) is 12.6. The van der Waals surface area contributed by atoms with E-state index in [9.17, 15) is 4.79 Å². The Morgan fingerprint density at radius 1 is 1.50 bits per heavy atom. The zero-order chi connectivity index (χ0) is 10.7. The van der Waals surface area contributed by atoms with E-state index in [1.807, 2.05) is 19.1 Å². The number of carbonyl (C=O) groups is 1. The molecule has 0 aliphatic heterocycles. The van der Waals surface area contributed by atoms with Crippen molar-refractivity contribution in [1.82, 2.24) is 0 Å². The highest BCUT2D eigenvalue weighted by atomic mass is 35.5. The molecule has 14 heavy (non-hydrogen) atoms. The van der Waals surface area contributed by atoms with Gasteiger partial charge in [0.2, 0.25) is 0 Å². The molecule has 0 N–H and O–H groups in total. The molecule has 1 atom stereocenters. The molecule has 1 aromatic rings. The number of hydrogen-bond acceptors (Lipinski definition) is 1. The van der Waals surface area contributed by atoms with Crippen LogP contribution in [0.1, 0.15) is 30.4 Å². The summed E-state index contributed by atoms with van der Waals surface area (Å²) < 4.78 is 0. The van der Waals surface area contributed by atoms with Crippen LogP contribution in [0.5, 0.6) is 0 Å². The molecule has 3 heteroatoms. The zero-order valence-electron chi connectivity index (χ0n) is 8.18. The Kier molecular flexibility index (Phi) is 3.97. The third kappa shape index (κ3) is 2.28. The Morgan fingerprint density at radius 2 is 2.14 bits per heavy atom. The Hall–Kier alpha value is -0.530. The average molecular weight is 231 g/mol. The first kappa shape index (κ1) is 11.5. The second-order valence-corrected chi connectivity index (χ2v) is 3.96. The summed E-state index contributed by atoms with van der Waals surface area (Å²) in [7, 11) is 0. The number of Topliss-reactive ketones (excluding diaryl/α,β-unsaturated/α-hetero) is 1. The van der Waals surface area contributed by atoms with Gasteiger partial charge in [0.15, 0.2) is 5.78 Å². The van der Waals surface area contributed by atoms with Crippen molar-refractivity contribution >= 4 is 29.0 Å². The molecule has 1 aromatic carbocycles. The lowest BCUT2D eigenvalue weighted by Gasteiger charge is -2.10. The molecule has 0 radical (unpaired) electrons. The molecule has 0 bridgehead atoms. The second kappa shape index (κ2) is 4.81. The van der Waals surface area contributed by atoms with E-state index in [-0.39, 0.29) is 5.78 Å². The molecule has 0 saturated heterocycles. The summed E-state index contributed by atoms with van der Waals surface area (Å²) in [6.45, 7) is 3.48. The van der Waals surface area contributed by atoms with Gasteiger partial charge in [0.25, 0.3) is 0 Å². The van der Waals surface area contributed by atoms with Crippen LogP contribution in [0.3, 0.4) is 0 Å². The highest BCUT2D eigenvalue weighted by molar-refractivity contribution is 6.36. The summed E-state index contributed by atoms with van der Waals surface area (Å²) in [5, 5.41) is -0.0146. The van der Waals surface area contributed by atoms with Crippen LogP contribution in [0.2, 0.25) is 5.02 Å². The maximum absolute atomic E-state index is 11.1. The van der Waals surface area contributed by atoms with Gasteiger partial charge in [0.1, 0.15) is 5.38 Å². The Bertz CT molecular complexity index is 347. The van der Waals surface area contributed by atoms with E-state index >= 15 is 0 Å². The van der Waals surface area contributed by atoms with Crippen molar-refractivity contribution in [2.24, 2.45) is 0 Å². The zero-order valence-corrected chi connectivity index (χ0v) is 9.69. The number of alkyl halides is 1. The molecular formula is C11H12Cl2O. The summed E-state index contributed by atoms with van der Waals surface area (Å²) >= 11 is 12.1. The minimum atomic E-state index is -0.631. The van der Waals surface area contributed by atoms with Gasteiger partial charge >= 0.3 is 0 Å². The lowest BCUT2D eigenvalue weighted by Crippen LogP contribution is -2.03. The van der Waals surface area contributed by atoms with Gasteiger partial charge in [-0.2, -0.15) is 0 Å². The van der Waals surface area contributed by atoms with Crippen LogP contribution in [0.15, 0.2) is 18.2 Å². The van der Waals surface area contributed by atoms with E-state index in [2.05, 4.69) is 0 Å². The molecule has 0 spiro atoms. The van der Waals surface area contributed by atoms with E-state index in [0.717, 1.165) is 12.0 Å². The number of halogens is 2. The number of benzene rings is 1. The molecule has 0 heterocycles. The molecule has 76 valence electrons. The van der Waals surface area contributed by atoms with Crippen LogP contribution in [0.25, 0.3) is 0 Å². The van der Waals surface area contributed by atoms with Crippen molar-refractivity contribution in [3.05, 3.63) is 34.3 Å². The largest absolute Gasteiger partial charge is 0.298 e. The van der Waals surface area contributed by atoms with Gasteiger partial charge in [-0.15, -0.1) is 11.6 Å². The van der Waals surface area contributed by atoms with Crippen molar-refractivity contribution in [3.8, 4) is 0 Å². The van der Waals surface area contributed by atoms with Gasteiger partial charge in [-0.3, -0.25) is 4.79 Å². The van der Waals surface area contributed by atoms with E-state index in [1.165, 1.54) is 6.92 Å². The topological polar surface area (TPSA) is 17.1 Å². The van der Waals surface area contributed by atoms with Crippen LogP contribution >= 0.6 is 23.2 Å². The molecule has 0 aliphatic rings. The first-order valence-electron chi connectivity index (χ1n) is 4.49. The molecule has 1 unspecified atom stereocenters. The highest BCUT2D eigenvalue weighted by Crippen LogP contribution is 2.31. The Balaban J connectivity index is 3.15. The molecule has 0 aliphatic carbocycles. The first-order chi connectivity index (χ1) is 6.57. The van der Waals surface area contributed by atoms with Crippen molar-refractivity contribution in [2.75, 3.05) is 0 Å². The Morgan fingerprint density at radius 3 is 2.64 bits per heavy atom. The lowest BCUT2D eigenvalue weighted by molar-refractivity contribution is -0.116. The van der Waals surface area contributed by atoms with Crippen molar-refractivity contribution < 1.29 is 4.79 Å². The van der Waals surface area contributed by atoms with Crippen LogP contribution < -0.4 is 0 Å². The number of rotatable bonds is 3. The third-order valence-corrected chi connectivity index (χ3v) is 3.12. The summed E-state index contributed by atoms with van der Waals surface area (Å²) in [6, 6.07) is 5.61. The maximum atomic E-state index is 11.1. The number of hydrogen-bond donors (Lipinski definition) is 0. The molecule has 1 nitrogen and oxygen atoms in total. The van der Waals surface area contributed by atoms with Gasteiger partial charge in [0.05, 0.1) is 0 Å². The van der Waals surface area contributed by atoms with E-state index < -0.39 is 5.38 Å². The van der Waals surface area contributed by atoms with Gasteiger partial charge in [-0.25, -0.2) is 0 Å². The third-order valence-electron chi connectivity index (χ3n) is 2.12. The number of carbonyl (C=O) groups excluding carboxylic acids is 1. The minimum Gasteiger partial charge on any atom is -0.298 e. The SMILES string of the molecule is CCc1cccc(C(Cl)C(C)=O)c1Cl. The minimum absolute atomic E-state index is 0.0816. The van der Waals surface area contributed by atoms with Crippen LogP contribution in [0.4, 0.5) is 0 Å². The average Bonchev–Trinajstić information content (AvgIpc) is 2.17. The highest BCUT2D eigenvalue weighted by Gasteiger charge is 2.17. The predicted octanol–water partition coefficient (Wildman–Crippen LogP) is 3.77. The molecule has 0 amide bonds. The summed E-state index contributed by atoms with van der Waals surface area (Å²) in [5.41, 5.74) is 1.73. The maximum Gasteiger partial charge on any atom is 0.152 e. The quantitative estimate of drug-likeness (QED) is 0.723. The predicted molar refractivity (Wildman–Crippen MR) is 60.1 cm³/mol. The molecule has 0 aromatic heterocycles. The lowest BCUT2D eigenvalue weighted by atomic mass is 10.0. The first-order valence-corrected chi connectivity index (χ1v) is 5.31. The summed E-state index contributed by atoms with van der Waals surface area (Å²) in [6.07, 6.45) is 0.841. The smallest absolute Gasteiger partial charge is 0.152 e. The van der Waals surface area contributed by atoms with Gasteiger partial charge in [-0.05, 0) is 24.5 Å². The van der Waals surface area contributed by atoms with Crippen LogP contribution in [-0.2, 0) is 11.2 Å². The number of aryl methyl sites for hydroxylation is 1. The monoisotopic (exact) mass is 230 g/mol. The van der Waals surface area contributed by atoms with Crippen molar-refractivity contribution in [2.45, 2.75) is 25.6 Å². The molecule has 0 fully saturated rings. The second-order valence-electron chi connectivity index (χ2n) is 3.15. The van der Waals surface area contributed by atoms with Gasteiger partial charge in [-0.1, -0.05) is 36.7 Å². The van der Waals surface area contributed by atoms with Gasteiger partial charge in [0, 0.05) is 5.02 Å². The van der Waals surface area contributed by atoms with E-state index in [4.69, 9.17) is 23.2 Å². The van der Waals surface area contributed by atoms with Gasteiger partial charge < -0.3 is 0 Å². The summed E-state index contributed by atoms with van der Waals surface area (Å²) in [4.78, 5) is 11.1.